The van der Waals surface area contributed by atoms with Gasteiger partial charge in [-0.25, -0.2) is 4.79 Å². The number of hydrogen-bond donors (Lipinski definition) is 4. The van der Waals surface area contributed by atoms with E-state index < -0.39 is 65.1 Å². The summed E-state index contributed by atoms with van der Waals surface area (Å²) < 4.78 is 25.0. The SMILES string of the molecule is CO[C@H]1/C=C/OC2(C)Oc3c(C)c(O)c4c(O)c(c5c(c4c3C2=O)=NC2(CCN(CC(C)C)CC2)N=5)NC(=O)/C(C)=C\C=C\C(C)C[C@@H](C)C(O)[C@@H](C)[C@H](OC(=O)N2CCC(N(C)C)CC2)[C@@H]1C. The fourth-order valence-electron chi connectivity index (χ4n) is 10.8. The number of carbonyl (C=O) groups is 3. The quantitative estimate of drug-likeness (QED) is 0.242. The number of rotatable bonds is 5. The van der Waals surface area contributed by atoms with Gasteiger partial charge in [0.25, 0.3) is 11.7 Å². The number of likely N-dealkylation sites (tertiary alicyclic amines) is 2. The summed E-state index contributed by atoms with van der Waals surface area (Å²) in [7, 11) is 5.62. The summed E-state index contributed by atoms with van der Waals surface area (Å²) in [6.07, 6.45) is 8.91. The smallest absolute Gasteiger partial charge is 0.410 e. The number of aliphatic hydroxyl groups is 1. The van der Waals surface area contributed by atoms with Crippen molar-refractivity contribution in [3.63, 3.8) is 0 Å². The summed E-state index contributed by atoms with van der Waals surface area (Å²) in [5.41, 5.74) is -0.382. The molecule has 2 saturated heterocycles. The molecule has 6 heterocycles. The lowest BCUT2D eigenvalue weighted by molar-refractivity contribution is -0.112. The average Bonchev–Trinajstić information content (AvgIpc) is 3.80. The van der Waals surface area contributed by atoms with Crippen molar-refractivity contribution in [1.29, 1.82) is 0 Å². The van der Waals surface area contributed by atoms with Crippen LogP contribution >= 0.6 is 0 Å². The Morgan fingerprint density at radius 3 is 2.26 bits per heavy atom. The van der Waals surface area contributed by atoms with E-state index in [0.29, 0.717) is 49.9 Å². The normalized spacial score (nSPS) is 31.2. The number of Topliss-reactive ketones (excluding diaryl/α,β-unsaturated/α-hetero) is 1. The lowest BCUT2D eigenvalue weighted by Crippen LogP contribution is -2.49. The summed E-state index contributed by atoms with van der Waals surface area (Å²) in [4.78, 5) is 59.5. The molecule has 0 aliphatic carbocycles. The van der Waals surface area contributed by atoms with Gasteiger partial charge in [0.15, 0.2) is 11.4 Å². The minimum Gasteiger partial charge on any atom is -0.507 e. The van der Waals surface area contributed by atoms with Crippen LogP contribution in [0.5, 0.6) is 17.2 Å². The van der Waals surface area contributed by atoms with Crippen LogP contribution in [0.3, 0.4) is 0 Å². The minimum absolute atomic E-state index is 0.0110. The maximum Gasteiger partial charge on any atom is 0.410 e. The molecule has 3 unspecified atom stereocenters. The molecule has 2 aromatic rings. The first-order chi connectivity index (χ1) is 32.1. The van der Waals surface area contributed by atoms with Crippen LogP contribution in [0.4, 0.5) is 10.5 Å². The molecule has 5 bridgehead atoms. The van der Waals surface area contributed by atoms with Gasteiger partial charge in [-0.1, -0.05) is 59.8 Å². The number of ether oxygens (including phenoxy) is 4. The molecule has 0 saturated carbocycles. The van der Waals surface area contributed by atoms with Crippen LogP contribution in [0.15, 0.2) is 46.1 Å². The number of aromatic hydroxyl groups is 2. The van der Waals surface area contributed by atoms with Crippen molar-refractivity contribution in [2.45, 2.75) is 130 Å². The second kappa shape index (κ2) is 20.1. The van der Waals surface area contributed by atoms with Crippen LogP contribution in [-0.4, -0.2) is 138 Å². The number of phenols is 2. The van der Waals surface area contributed by atoms with Gasteiger partial charge in [0, 0.05) is 94.0 Å². The predicted molar refractivity (Wildman–Crippen MR) is 259 cm³/mol. The summed E-state index contributed by atoms with van der Waals surface area (Å²) in [6, 6.07) is 0.364. The first-order valence-corrected chi connectivity index (χ1v) is 24.4. The third kappa shape index (κ3) is 9.88. The molecule has 0 radical (unpaired) electrons. The van der Waals surface area contributed by atoms with Gasteiger partial charge in [-0.05, 0) is 71.0 Å². The third-order valence-electron chi connectivity index (χ3n) is 15.0. The monoisotopic (exact) mass is 943 g/mol. The Kier molecular flexibility index (Phi) is 15.1. The standard InChI is InChI=1S/C52H74N6O10/c1-28(2)27-57-23-19-52(20-24-57)54-40-37-38-44(60)34(8)47-39(37)48(62)51(9,68-47)66-25-18-36(65-12)32(6)46(67-50(64)58-21-16-35(17-22-58)56(10)11)33(7)43(59)31(5)26-29(3)14-13-15-30(4)49(63)53-42(45(38)61)41(40)55-52/h13-15,18,25,28-29,31-33,35-36,43,46,59-61H,16-17,19-24,26-27H2,1-12H3,(H,53,63)/b14-13+,25-18+,30-15-/t29?,31-,32-,33-,36+,43?,46-,51?/m1/s1. The maximum atomic E-state index is 14.9. The van der Waals surface area contributed by atoms with Crippen LogP contribution in [0.25, 0.3) is 10.8 Å². The number of methoxy groups -OCH3 is 1. The molecular formula is C52H74N6O10. The van der Waals surface area contributed by atoms with E-state index in [1.165, 1.54) is 20.3 Å². The zero-order valence-electron chi connectivity index (χ0n) is 42.1. The number of nitrogens with one attached hydrogen (secondary N) is 1. The van der Waals surface area contributed by atoms with Gasteiger partial charge in [0.05, 0.1) is 34.8 Å². The fraction of sp³-hybridized carbons (Fsp3) is 0.635. The number of ketones is 1. The first-order valence-electron chi connectivity index (χ1n) is 24.4. The molecule has 68 heavy (non-hydrogen) atoms. The third-order valence-corrected chi connectivity index (χ3v) is 15.0. The van der Waals surface area contributed by atoms with Crippen molar-refractivity contribution in [3.05, 3.63) is 58.0 Å². The van der Waals surface area contributed by atoms with E-state index in [1.54, 1.807) is 37.0 Å². The predicted octanol–water partition coefficient (Wildman–Crippen LogP) is 6.38. The van der Waals surface area contributed by atoms with Crippen LogP contribution < -0.4 is 20.8 Å². The van der Waals surface area contributed by atoms with Crippen molar-refractivity contribution in [3.8, 4) is 17.2 Å². The number of allylic oxidation sites excluding steroid dienone is 3. The van der Waals surface area contributed by atoms with Crippen molar-refractivity contribution in [1.82, 2.24) is 14.7 Å². The van der Waals surface area contributed by atoms with Crippen molar-refractivity contribution in [2.75, 3.05) is 59.2 Å². The fourth-order valence-corrected chi connectivity index (χ4v) is 10.8. The average molecular weight is 943 g/mol. The van der Waals surface area contributed by atoms with Crippen molar-refractivity contribution >= 4 is 34.2 Å². The molecule has 2 fully saturated rings. The number of carbonyl (C=O) groups excluding carboxylic acids is 3. The number of piperidine rings is 2. The van der Waals surface area contributed by atoms with Gasteiger partial charge in [-0.3, -0.25) is 19.6 Å². The van der Waals surface area contributed by atoms with E-state index in [0.717, 1.165) is 32.5 Å². The topological polar surface area (TPSA) is 195 Å². The van der Waals surface area contributed by atoms with Gasteiger partial charge in [-0.2, -0.15) is 0 Å². The van der Waals surface area contributed by atoms with Gasteiger partial charge >= 0.3 is 11.9 Å². The highest BCUT2D eigenvalue weighted by atomic mass is 16.7. The Morgan fingerprint density at radius 1 is 0.971 bits per heavy atom. The van der Waals surface area contributed by atoms with E-state index in [9.17, 15) is 29.7 Å². The Balaban J connectivity index is 1.32. The summed E-state index contributed by atoms with van der Waals surface area (Å²) in [5.74, 6) is -4.57. The Hall–Kier alpha value is -5.03. The lowest BCUT2D eigenvalue weighted by Gasteiger charge is -2.39. The number of anilines is 1. The molecule has 6 aliphatic rings. The van der Waals surface area contributed by atoms with Crippen LogP contribution in [-0.2, 0) is 19.0 Å². The highest BCUT2D eigenvalue weighted by Gasteiger charge is 2.50. The number of nitrogens with zero attached hydrogens (tertiary/aromatic N) is 5. The number of fused-ring (bicyclic) bond motifs is 13. The molecule has 4 N–H and O–H groups in total. The van der Waals surface area contributed by atoms with Crippen LogP contribution in [0.1, 0.15) is 103 Å². The van der Waals surface area contributed by atoms with Gasteiger partial charge in [-0.15, -0.1) is 0 Å². The Bertz CT molecular complexity index is 2490. The lowest BCUT2D eigenvalue weighted by atomic mass is 9.79. The largest absolute Gasteiger partial charge is 0.507 e. The van der Waals surface area contributed by atoms with Crippen molar-refractivity contribution < 1.29 is 48.7 Å². The van der Waals surface area contributed by atoms with Crippen LogP contribution in [0.2, 0.25) is 0 Å². The molecular weight excluding hydrogens is 869 g/mol. The molecule has 8 rings (SSSR count). The molecule has 8 atom stereocenters. The number of phenolic OH excluding ortho intramolecular Hbond substituents is 2. The van der Waals surface area contributed by atoms with E-state index >= 15 is 0 Å². The second-order valence-electron chi connectivity index (χ2n) is 20.9. The highest BCUT2D eigenvalue weighted by molar-refractivity contribution is 6.19. The second-order valence-corrected chi connectivity index (χ2v) is 20.9. The first kappa shape index (κ1) is 50.8. The van der Waals surface area contributed by atoms with Gasteiger partial charge in [0.1, 0.15) is 28.6 Å². The molecule has 16 heteroatoms. The molecule has 372 valence electrons. The highest BCUT2D eigenvalue weighted by Crippen LogP contribution is 2.50. The number of hydrogen-bond acceptors (Lipinski definition) is 14. The molecule has 2 aromatic carbocycles. The molecule has 0 aromatic heterocycles. The zero-order valence-corrected chi connectivity index (χ0v) is 42.1. The number of benzene rings is 2. The molecule has 6 aliphatic heterocycles. The number of amides is 2. The van der Waals surface area contributed by atoms with E-state index in [1.807, 2.05) is 47.9 Å². The molecule has 2 amide bonds. The Labute approximate surface area is 400 Å². The molecule has 1 spiro atoms. The molecule has 16 nitrogen and oxygen atoms in total. The van der Waals surface area contributed by atoms with E-state index in [-0.39, 0.29) is 61.6 Å². The minimum atomic E-state index is -1.94. The zero-order chi connectivity index (χ0) is 49.6. The summed E-state index contributed by atoms with van der Waals surface area (Å²) in [6.45, 7) is 20.3. The Morgan fingerprint density at radius 2 is 1.63 bits per heavy atom. The van der Waals surface area contributed by atoms with Crippen LogP contribution in [0, 0.1) is 36.5 Å². The van der Waals surface area contributed by atoms with E-state index in [4.69, 9.17) is 28.9 Å². The summed E-state index contributed by atoms with van der Waals surface area (Å²) >= 11 is 0. The number of aliphatic hydroxyl groups excluding tert-OH is 1. The summed E-state index contributed by atoms with van der Waals surface area (Å²) in [5, 5.41) is 39.6. The van der Waals surface area contributed by atoms with E-state index in [2.05, 4.69) is 29.0 Å². The van der Waals surface area contributed by atoms with Gasteiger partial charge < -0.3 is 54.3 Å². The van der Waals surface area contributed by atoms with Crippen molar-refractivity contribution in [2.24, 2.45) is 39.6 Å². The van der Waals surface area contributed by atoms with Gasteiger partial charge in [0.2, 0.25) is 0 Å². The maximum absolute atomic E-state index is 14.9.